The zero-order chi connectivity index (χ0) is 12.1. The van der Waals surface area contributed by atoms with Gasteiger partial charge in [0.05, 0.1) is 5.69 Å². The van der Waals surface area contributed by atoms with E-state index in [0.717, 1.165) is 25.3 Å². The lowest BCUT2D eigenvalue weighted by Crippen LogP contribution is -2.24. The molecule has 0 unspecified atom stereocenters. The number of nitrogens with zero attached hydrogens (tertiary/aromatic N) is 3. The minimum absolute atomic E-state index is 0.400. The molecule has 0 saturated carbocycles. The quantitative estimate of drug-likeness (QED) is 0.766. The normalized spacial score (nSPS) is 10.8. The molecule has 0 atom stereocenters. The molecule has 0 fully saturated rings. The fourth-order valence-electron chi connectivity index (χ4n) is 1.43. The molecule has 0 radical (unpaired) electrons. The highest BCUT2D eigenvalue weighted by molar-refractivity contribution is 5.61. The third-order valence-electron chi connectivity index (χ3n) is 2.43. The highest BCUT2D eigenvalue weighted by Crippen LogP contribution is 2.17. The van der Waals surface area contributed by atoms with Crippen molar-refractivity contribution >= 4 is 17.3 Å². The van der Waals surface area contributed by atoms with Gasteiger partial charge >= 0.3 is 0 Å². The topological polar surface area (TPSA) is 71.4 Å². The standard InChI is InChI=1S/C11H21N5/c1-15(2)7-4-8-16(3)10-6-5-9(12)11(13)14-10/h5-6H,4,7-8,12H2,1-3H3,(H2,13,14). The van der Waals surface area contributed by atoms with Crippen LogP contribution in [0, 0.1) is 0 Å². The largest absolute Gasteiger partial charge is 0.396 e. The SMILES string of the molecule is CN(C)CCCN(C)c1ccc(N)c(N)n1. The van der Waals surface area contributed by atoms with Crippen molar-refractivity contribution < 1.29 is 0 Å². The van der Waals surface area contributed by atoms with Gasteiger partial charge in [0, 0.05) is 13.6 Å². The summed E-state index contributed by atoms with van der Waals surface area (Å²) in [6.45, 7) is 2.02. The Bertz CT molecular complexity index is 337. The van der Waals surface area contributed by atoms with Crippen LogP contribution in [0.5, 0.6) is 0 Å². The van der Waals surface area contributed by atoms with Gasteiger partial charge in [-0.1, -0.05) is 0 Å². The van der Waals surface area contributed by atoms with Crippen molar-refractivity contribution in [2.45, 2.75) is 6.42 Å². The summed E-state index contributed by atoms with van der Waals surface area (Å²) < 4.78 is 0. The number of nitrogens with two attached hydrogens (primary N) is 2. The highest BCUT2D eigenvalue weighted by Gasteiger charge is 2.04. The van der Waals surface area contributed by atoms with Crippen LogP contribution in [0.1, 0.15) is 6.42 Å². The number of anilines is 3. The first-order valence-electron chi connectivity index (χ1n) is 5.38. The molecular formula is C11H21N5. The van der Waals surface area contributed by atoms with Crippen molar-refractivity contribution in [1.82, 2.24) is 9.88 Å². The molecule has 0 amide bonds. The average Bonchev–Trinajstić information content (AvgIpc) is 2.21. The first-order valence-corrected chi connectivity index (χ1v) is 5.38. The molecule has 1 aromatic rings. The summed E-state index contributed by atoms with van der Waals surface area (Å²) in [5.41, 5.74) is 11.8. The van der Waals surface area contributed by atoms with Crippen LogP contribution in [0.15, 0.2) is 12.1 Å². The number of hydrogen-bond donors (Lipinski definition) is 2. The van der Waals surface area contributed by atoms with E-state index in [1.807, 2.05) is 13.1 Å². The van der Waals surface area contributed by atoms with Crippen LogP contribution in [0.4, 0.5) is 17.3 Å². The number of pyridine rings is 1. The smallest absolute Gasteiger partial charge is 0.149 e. The lowest BCUT2D eigenvalue weighted by molar-refractivity contribution is 0.401. The molecular weight excluding hydrogens is 202 g/mol. The maximum Gasteiger partial charge on any atom is 0.149 e. The summed E-state index contributed by atoms with van der Waals surface area (Å²) in [7, 11) is 6.15. The van der Waals surface area contributed by atoms with E-state index in [1.54, 1.807) is 6.07 Å². The molecule has 0 aliphatic rings. The number of hydrogen-bond acceptors (Lipinski definition) is 5. The van der Waals surface area contributed by atoms with Crippen molar-refractivity contribution in [3.63, 3.8) is 0 Å². The number of nitrogen functional groups attached to an aromatic ring is 2. The van der Waals surface area contributed by atoms with Gasteiger partial charge in [-0.15, -0.1) is 0 Å². The zero-order valence-electron chi connectivity index (χ0n) is 10.3. The summed E-state index contributed by atoms with van der Waals surface area (Å²) in [5.74, 6) is 1.27. The maximum atomic E-state index is 5.66. The monoisotopic (exact) mass is 223 g/mol. The van der Waals surface area contributed by atoms with Gasteiger partial charge in [0.15, 0.2) is 0 Å². The van der Waals surface area contributed by atoms with Crippen molar-refractivity contribution in [3.05, 3.63) is 12.1 Å². The molecule has 5 nitrogen and oxygen atoms in total. The first kappa shape index (κ1) is 12.6. The van der Waals surface area contributed by atoms with E-state index in [4.69, 9.17) is 11.5 Å². The summed E-state index contributed by atoms with van der Waals surface area (Å²) in [5, 5.41) is 0. The third-order valence-corrected chi connectivity index (χ3v) is 2.43. The molecule has 4 N–H and O–H groups in total. The Balaban J connectivity index is 2.52. The lowest BCUT2D eigenvalue weighted by Gasteiger charge is -2.19. The fourth-order valence-corrected chi connectivity index (χ4v) is 1.43. The Morgan fingerprint density at radius 3 is 2.38 bits per heavy atom. The minimum Gasteiger partial charge on any atom is -0.396 e. The predicted octanol–water partition coefficient (Wildman–Crippen LogP) is 0.634. The van der Waals surface area contributed by atoms with Gasteiger partial charge in [0.2, 0.25) is 0 Å². The van der Waals surface area contributed by atoms with Crippen molar-refractivity contribution in [2.24, 2.45) is 0 Å². The van der Waals surface area contributed by atoms with E-state index in [1.165, 1.54) is 0 Å². The molecule has 1 rings (SSSR count). The van der Waals surface area contributed by atoms with E-state index in [-0.39, 0.29) is 0 Å². The highest BCUT2D eigenvalue weighted by atomic mass is 15.2. The van der Waals surface area contributed by atoms with Gasteiger partial charge in [-0.05, 0) is 39.2 Å². The minimum atomic E-state index is 0.400. The molecule has 16 heavy (non-hydrogen) atoms. The van der Waals surface area contributed by atoms with E-state index >= 15 is 0 Å². The molecule has 1 aromatic heterocycles. The number of rotatable bonds is 5. The number of aromatic nitrogens is 1. The zero-order valence-corrected chi connectivity index (χ0v) is 10.3. The van der Waals surface area contributed by atoms with Crippen molar-refractivity contribution in [3.8, 4) is 0 Å². The van der Waals surface area contributed by atoms with Gasteiger partial charge in [-0.25, -0.2) is 4.98 Å². The second-order valence-corrected chi connectivity index (χ2v) is 4.22. The average molecular weight is 223 g/mol. The van der Waals surface area contributed by atoms with Gasteiger partial charge in [-0.2, -0.15) is 0 Å². The van der Waals surface area contributed by atoms with Crippen LogP contribution >= 0.6 is 0 Å². The van der Waals surface area contributed by atoms with Gasteiger partial charge < -0.3 is 21.3 Å². The maximum absolute atomic E-state index is 5.66. The molecule has 0 bridgehead atoms. The van der Waals surface area contributed by atoms with Gasteiger partial charge in [-0.3, -0.25) is 0 Å². The third kappa shape index (κ3) is 3.58. The molecule has 0 saturated heterocycles. The second-order valence-electron chi connectivity index (χ2n) is 4.22. The molecule has 0 aliphatic carbocycles. The van der Waals surface area contributed by atoms with Crippen molar-refractivity contribution in [1.29, 1.82) is 0 Å². The summed E-state index contributed by atoms with van der Waals surface area (Å²) in [6, 6.07) is 3.68. The Labute approximate surface area is 97.0 Å². The van der Waals surface area contributed by atoms with E-state index in [9.17, 15) is 0 Å². The van der Waals surface area contributed by atoms with Crippen LogP contribution < -0.4 is 16.4 Å². The molecule has 0 spiro atoms. The van der Waals surface area contributed by atoms with E-state index < -0.39 is 0 Å². The molecule has 90 valence electrons. The molecule has 5 heteroatoms. The van der Waals surface area contributed by atoms with E-state index in [2.05, 4.69) is 28.9 Å². The molecule has 0 aromatic carbocycles. The van der Waals surface area contributed by atoms with Crippen LogP contribution in [0.25, 0.3) is 0 Å². The second kappa shape index (κ2) is 5.55. The van der Waals surface area contributed by atoms with Gasteiger partial charge in [0.1, 0.15) is 11.6 Å². The Hall–Kier alpha value is -1.49. The lowest BCUT2D eigenvalue weighted by atomic mass is 10.3. The Morgan fingerprint density at radius 2 is 1.81 bits per heavy atom. The fraction of sp³-hybridized carbons (Fsp3) is 0.545. The Morgan fingerprint density at radius 1 is 1.12 bits per heavy atom. The summed E-state index contributed by atoms with van der Waals surface area (Å²) in [6.07, 6.45) is 1.09. The van der Waals surface area contributed by atoms with Crippen LogP contribution in [0.3, 0.4) is 0 Å². The van der Waals surface area contributed by atoms with Crippen LogP contribution in [-0.4, -0.2) is 44.1 Å². The summed E-state index contributed by atoms with van der Waals surface area (Å²) >= 11 is 0. The van der Waals surface area contributed by atoms with Crippen molar-refractivity contribution in [2.75, 3.05) is 50.6 Å². The predicted molar refractivity (Wildman–Crippen MR) is 69.5 cm³/mol. The first-order chi connectivity index (χ1) is 7.50. The van der Waals surface area contributed by atoms with Crippen LogP contribution in [-0.2, 0) is 0 Å². The Kier molecular flexibility index (Phi) is 4.37. The molecule has 1 heterocycles. The van der Waals surface area contributed by atoms with E-state index in [0.29, 0.717) is 11.5 Å². The summed E-state index contributed by atoms with van der Waals surface area (Å²) in [4.78, 5) is 8.48. The van der Waals surface area contributed by atoms with Crippen LogP contribution in [0.2, 0.25) is 0 Å². The molecule has 0 aliphatic heterocycles. The van der Waals surface area contributed by atoms with Gasteiger partial charge in [0.25, 0.3) is 0 Å².